The maximum atomic E-state index is 12.5. The van der Waals surface area contributed by atoms with Gasteiger partial charge in [0.25, 0.3) is 11.5 Å². The highest BCUT2D eigenvalue weighted by Crippen LogP contribution is 2.36. The lowest BCUT2D eigenvalue weighted by molar-refractivity contribution is -0.114. The van der Waals surface area contributed by atoms with Crippen LogP contribution in [0.1, 0.15) is 53.4 Å². The number of piperidine rings is 1. The van der Waals surface area contributed by atoms with E-state index >= 15 is 0 Å². The van der Waals surface area contributed by atoms with Gasteiger partial charge in [-0.15, -0.1) is 0 Å². The van der Waals surface area contributed by atoms with Gasteiger partial charge in [0.1, 0.15) is 5.75 Å². The van der Waals surface area contributed by atoms with Crippen molar-refractivity contribution >= 4 is 23.7 Å². The summed E-state index contributed by atoms with van der Waals surface area (Å²) in [6, 6.07) is 18.1. The average molecular weight is 528 g/mol. The Morgan fingerprint density at radius 1 is 1.08 bits per heavy atom. The Kier molecular flexibility index (Phi) is 7.88. The molecule has 39 heavy (non-hydrogen) atoms. The van der Waals surface area contributed by atoms with Gasteiger partial charge >= 0.3 is 0 Å². The zero-order valence-electron chi connectivity index (χ0n) is 22.2. The highest BCUT2D eigenvalue weighted by molar-refractivity contribution is 5.96. The Balaban J connectivity index is 1.26. The molecule has 0 saturated carbocycles. The molecular formula is C30H33N5O4. The highest BCUT2D eigenvalue weighted by atomic mass is 16.5. The number of carbonyl (C=O) groups is 2. The molecule has 3 heterocycles. The van der Waals surface area contributed by atoms with Crippen LogP contribution >= 0.6 is 0 Å². The van der Waals surface area contributed by atoms with Crippen molar-refractivity contribution in [3.05, 3.63) is 93.4 Å². The van der Waals surface area contributed by atoms with Crippen molar-refractivity contribution in [1.82, 2.24) is 14.9 Å². The molecule has 2 aliphatic heterocycles. The van der Waals surface area contributed by atoms with Gasteiger partial charge < -0.3 is 14.6 Å². The largest absolute Gasteiger partial charge is 0.494 e. The van der Waals surface area contributed by atoms with E-state index in [1.807, 2.05) is 35.8 Å². The van der Waals surface area contributed by atoms with Gasteiger partial charge in [0, 0.05) is 67.6 Å². The van der Waals surface area contributed by atoms with E-state index in [9.17, 15) is 14.4 Å². The summed E-state index contributed by atoms with van der Waals surface area (Å²) in [6.07, 6.45) is 2.73. The van der Waals surface area contributed by atoms with Gasteiger partial charge in [-0.2, -0.15) is 5.10 Å². The summed E-state index contributed by atoms with van der Waals surface area (Å²) in [6.45, 7) is 7.29. The van der Waals surface area contributed by atoms with E-state index in [1.54, 1.807) is 36.5 Å². The maximum absolute atomic E-state index is 12.5. The predicted molar refractivity (Wildman–Crippen MR) is 150 cm³/mol. The number of likely N-dealkylation sites (tertiary alicyclic amines) is 1. The second-order valence-corrected chi connectivity index (χ2v) is 10.2. The number of nitrogens with one attached hydrogen (secondary N) is 2. The van der Waals surface area contributed by atoms with Crippen LogP contribution in [0.3, 0.4) is 0 Å². The second-order valence-electron chi connectivity index (χ2n) is 10.2. The number of pyridine rings is 1. The lowest BCUT2D eigenvalue weighted by Crippen LogP contribution is -2.46. The van der Waals surface area contributed by atoms with Crippen LogP contribution in [0.2, 0.25) is 0 Å². The molecule has 1 saturated heterocycles. The van der Waals surface area contributed by atoms with Crippen LogP contribution in [-0.4, -0.2) is 47.2 Å². The van der Waals surface area contributed by atoms with E-state index in [0.717, 1.165) is 55.2 Å². The number of rotatable bonds is 8. The molecule has 202 valence electrons. The Hall–Kier alpha value is -4.24. The van der Waals surface area contributed by atoms with E-state index in [1.165, 1.54) is 6.92 Å². The summed E-state index contributed by atoms with van der Waals surface area (Å²) in [7, 11) is 0. The standard InChI is InChI=1S/C30H33N5O4/c1-3-39-28-12-7-21(15-31-33-30(38)23-8-10-26(11-9-23)32-20(2)36)13-25(28)19-34-16-22-14-24(18-34)27-5-4-6-29(37)35(27)17-22/h4-13,15,22,24H,3,14,16-19H2,1-2H3,(H,32,36)(H,33,38)/b31-15-/t22-,24+/m1/s1. The Labute approximate surface area is 227 Å². The number of hydrazone groups is 1. The van der Waals surface area contributed by atoms with Gasteiger partial charge in [0.15, 0.2) is 0 Å². The first-order valence-corrected chi connectivity index (χ1v) is 13.3. The number of nitrogens with zero attached hydrogens (tertiary/aromatic N) is 3. The first-order chi connectivity index (χ1) is 18.9. The van der Waals surface area contributed by atoms with Crippen molar-refractivity contribution in [3.63, 3.8) is 0 Å². The molecule has 2 bridgehead atoms. The fourth-order valence-electron chi connectivity index (χ4n) is 5.60. The van der Waals surface area contributed by atoms with Gasteiger partial charge in [-0.25, -0.2) is 5.43 Å². The fourth-order valence-corrected chi connectivity index (χ4v) is 5.60. The van der Waals surface area contributed by atoms with Gasteiger partial charge in [-0.3, -0.25) is 19.3 Å². The van der Waals surface area contributed by atoms with E-state index in [0.29, 0.717) is 29.7 Å². The third-order valence-electron chi connectivity index (χ3n) is 7.18. The lowest BCUT2D eigenvalue weighted by atomic mass is 9.83. The van der Waals surface area contributed by atoms with Crippen molar-refractivity contribution in [2.24, 2.45) is 11.0 Å². The molecule has 1 fully saturated rings. The molecular weight excluding hydrogens is 494 g/mol. The Bertz CT molecular complexity index is 1450. The zero-order valence-corrected chi connectivity index (χ0v) is 22.2. The van der Waals surface area contributed by atoms with Crippen molar-refractivity contribution in [1.29, 1.82) is 0 Å². The molecule has 0 spiro atoms. The molecule has 0 aliphatic carbocycles. The van der Waals surface area contributed by atoms with Crippen molar-refractivity contribution in [2.45, 2.75) is 39.3 Å². The Morgan fingerprint density at radius 2 is 1.90 bits per heavy atom. The van der Waals surface area contributed by atoms with Crippen molar-refractivity contribution in [2.75, 3.05) is 25.0 Å². The third kappa shape index (κ3) is 6.26. The van der Waals surface area contributed by atoms with E-state index in [4.69, 9.17) is 4.74 Å². The quantitative estimate of drug-likeness (QED) is 0.344. The first-order valence-electron chi connectivity index (χ1n) is 13.3. The number of anilines is 1. The van der Waals surface area contributed by atoms with Crippen molar-refractivity contribution in [3.8, 4) is 5.75 Å². The number of amides is 2. The number of hydrogen-bond donors (Lipinski definition) is 2. The summed E-state index contributed by atoms with van der Waals surface area (Å²) in [5, 5.41) is 6.83. The SMILES string of the molecule is CCOc1ccc(/C=N\NC(=O)c2ccc(NC(C)=O)cc2)cc1CN1C[C@H]2C[C@@H](C1)c1cccc(=O)n1C2. The molecule has 2 amide bonds. The summed E-state index contributed by atoms with van der Waals surface area (Å²) in [4.78, 5) is 38.5. The van der Waals surface area contributed by atoms with E-state index in [2.05, 4.69) is 26.8 Å². The third-order valence-corrected chi connectivity index (χ3v) is 7.18. The average Bonchev–Trinajstić information content (AvgIpc) is 2.91. The number of fused-ring (bicyclic) bond motifs is 4. The normalized spacial score (nSPS) is 18.4. The van der Waals surface area contributed by atoms with Gasteiger partial charge in [0.2, 0.25) is 5.91 Å². The van der Waals surface area contributed by atoms with Gasteiger partial charge in [-0.1, -0.05) is 6.07 Å². The first kappa shape index (κ1) is 26.4. The summed E-state index contributed by atoms with van der Waals surface area (Å²) < 4.78 is 7.87. The summed E-state index contributed by atoms with van der Waals surface area (Å²) >= 11 is 0. The molecule has 0 unspecified atom stereocenters. The molecule has 2 atom stereocenters. The number of carbonyl (C=O) groups excluding carboxylic acids is 2. The van der Waals surface area contributed by atoms with Crippen LogP contribution in [0.5, 0.6) is 5.75 Å². The van der Waals surface area contributed by atoms with Gasteiger partial charge in [0.05, 0.1) is 12.8 Å². The predicted octanol–water partition coefficient (Wildman–Crippen LogP) is 3.59. The number of ether oxygens (including phenoxy) is 1. The molecule has 1 aromatic heterocycles. The fraction of sp³-hybridized carbons (Fsp3) is 0.333. The number of hydrogen-bond acceptors (Lipinski definition) is 6. The minimum absolute atomic E-state index is 0.0929. The molecule has 0 radical (unpaired) electrons. The van der Waals surface area contributed by atoms with E-state index in [-0.39, 0.29) is 17.4 Å². The number of aromatic nitrogens is 1. The second kappa shape index (κ2) is 11.7. The van der Waals surface area contributed by atoms with Gasteiger partial charge in [-0.05, 0) is 73.4 Å². The molecule has 9 heteroatoms. The topological polar surface area (TPSA) is 105 Å². The van der Waals surface area contributed by atoms with Crippen LogP contribution in [-0.2, 0) is 17.9 Å². The minimum Gasteiger partial charge on any atom is -0.494 e. The summed E-state index contributed by atoms with van der Waals surface area (Å²) in [5.74, 6) is 1.11. The zero-order chi connectivity index (χ0) is 27.4. The Morgan fingerprint density at radius 3 is 2.67 bits per heavy atom. The molecule has 3 aromatic rings. The van der Waals surface area contributed by atoms with Crippen LogP contribution in [0.15, 0.2) is 70.6 Å². The highest BCUT2D eigenvalue weighted by Gasteiger charge is 2.34. The monoisotopic (exact) mass is 527 g/mol. The molecule has 2 N–H and O–H groups in total. The maximum Gasteiger partial charge on any atom is 0.271 e. The molecule has 9 nitrogen and oxygen atoms in total. The minimum atomic E-state index is -0.342. The van der Waals surface area contributed by atoms with Crippen LogP contribution in [0.4, 0.5) is 5.69 Å². The van der Waals surface area contributed by atoms with Crippen LogP contribution in [0.25, 0.3) is 0 Å². The smallest absolute Gasteiger partial charge is 0.271 e. The lowest BCUT2D eigenvalue weighted by Gasteiger charge is -2.43. The van der Waals surface area contributed by atoms with Crippen LogP contribution < -0.4 is 21.0 Å². The summed E-state index contributed by atoms with van der Waals surface area (Å²) in [5.41, 5.74) is 6.76. The molecule has 2 aromatic carbocycles. The number of benzene rings is 2. The molecule has 2 aliphatic rings. The van der Waals surface area contributed by atoms with Crippen molar-refractivity contribution < 1.29 is 14.3 Å². The molecule has 5 rings (SSSR count). The van der Waals surface area contributed by atoms with Crippen LogP contribution in [0, 0.1) is 5.92 Å². The van der Waals surface area contributed by atoms with E-state index < -0.39 is 0 Å².